The summed E-state index contributed by atoms with van der Waals surface area (Å²) in [5.74, 6) is -0.766. The number of aryl methyl sites for hydroxylation is 2. The maximum absolute atomic E-state index is 12.6. The zero-order valence-electron chi connectivity index (χ0n) is 14.4. The summed E-state index contributed by atoms with van der Waals surface area (Å²) >= 11 is 0. The highest BCUT2D eigenvalue weighted by molar-refractivity contribution is 7.89. The predicted molar refractivity (Wildman–Crippen MR) is 97.6 cm³/mol. The molecule has 1 aromatic heterocycles. The van der Waals surface area contributed by atoms with Crippen LogP contribution in [0, 0.1) is 6.92 Å². The van der Waals surface area contributed by atoms with Crippen molar-refractivity contribution in [1.82, 2.24) is 9.29 Å². The van der Waals surface area contributed by atoms with Crippen molar-refractivity contribution in [3.05, 3.63) is 74.6 Å². The molecule has 136 valence electrons. The lowest BCUT2D eigenvalue weighted by molar-refractivity contribution is 0.421. The molecule has 0 aliphatic carbocycles. The van der Waals surface area contributed by atoms with E-state index < -0.39 is 21.4 Å². The van der Waals surface area contributed by atoms with Crippen molar-refractivity contribution in [3.8, 4) is 0 Å². The average molecular weight is 374 g/mol. The van der Waals surface area contributed by atoms with E-state index in [0.29, 0.717) is 12.1 Å². The molecule has 0 amide bonds. The Hall–Kier alpha value is -2.71. The summed E-state index contributed by atoms with van der Waals surface area (Å²) in [7, 11) is -3.83. The van der Waals surface area contributed by atoms with Gasteiger partial charge in [-0.3, -0.25) is 4.57 Å². The lowest BCUT2D eigenvalue weighted by atomic mass is 10.1. The second-order valence-electron chi connectivity index (χ2n) is 5.89. The van der Waals surface area contributed by atoms with Crippen LogP contribution in [0.2, 0.25) is 0 Å². The predicted octanol–water partition coefficient (Wildman–Crippen LogP) is 1.76. The van der Waals surface area contributed by atoms with Crippen molar-refractivity contribution in [2.45, 2.75) is 31.8 Å². The highest BCUT2D eigenvalue weighted by Crippen LogP contribution is 2.16. The van der Waals surface area contributed by atoms with Crippen LogP contribution in [0.15, 0.2) is 61.4 Å². The molecule has 0 radical (unpaired) electrons. The number of hydrogen-bond donors (Lipinski definition) is 1. The van der Waals surface area contributed by atoms with Gasteiger partial charge in [-0.1, -0.05) is 29.8 Å². The van der Waals surface area contributed by atoms with Crippen molar-refractivity contribution in [2.24, 2.45) is 0 Å². The van der Waals surface area contributed by atoms with Crippen LogP contribution in [0.5, 0.6) is 0 Å². The molecular formula is C18H18N2O5S. The number of sulfonamides is 1. The SMILES string of the molecule is CCn1c(=O)oc(=O)c2cc(S(=O)(=O)NCc3cccc(C)c3)ccc21. The third kappa shape index (κ3) is 3.47. The van der Waals surface area contributed by atoms with Crippen LogP contribution >= 0.6 is 0 Å². The Labute approximate surface area is 149 Å². The first-order valence-electron chi connectivity index (χ1n) is 8.05. The van der Waals surface area contributed by atoms with Crippen LogP contribution in [0.4, 0.5) is 0 Å². The van der Waals surface area contributed by atoms with Gasteiger partial charge < -0.3 is 4.42 Å². The Kier molecular flexibility index (Phi) is 4.80. The van der Waals surface area contributed by atoms with Crippen molar-refractivity contribution >= 4 is 20.9 Å². The average Bonchev–Trinajstić information content (AvgIpc) is 2.60. The quantitative estimate of drug-likeness (QED) is 0.734. The smallest absolute Gasteiger partial charge is 0.372 e. The molecule has 7 nitrogen and oxygen atoms in total. The summed E-state index contributed by atoms with van der Waals surface area (Å²) in [6.45, 7) is 4.09. The summed E-state index contributed by atoms with van der Waals surface area (Å²) in [5, 5.41) is 0.0462. The molecule has 1 heterocycles. The Balaban J connectivity index is 1.99. The first kappa shape index (κ1) is 18.1. The molecular weight excluding hydrogens is 356 g/mol. The van der Waals surface area contributed by atoms with Crippen molar-refractivity contribution < 1.29 is 12.8 Å². The van der Waals surface area contributed by atoms with Crippen LogP contribution in [-0.4, -0.2) is 13.0 Å². The number of benzene rings is 2. The third-order valence-corrected chi connectivity index (χ3v) is 5.45. The summed E-state index contributed by atoms with van der Waals surface area (Å²) in [5.41, 5.74) is 1.34. The number of nitrogens with zero attached hydrogens (tertiary/aromatic N) is 1. The van der Waals surface area contributed by atoms with Gasteiger partial charge in [0.1, 0.15) is 0 Å². The van der Waals surface area contributed by atoms with Crippen LogP contribution < -0.4 is 16.1 Å². The van der Waals surface area contributed by atoms with Gasteiger partial charge in [0.2, 0.25) is 10.0 Å². The minimum absolute atomic E-state index is 0.0462. The molecule has 0 aliphatic heterocycles. The monoisotopic (exact) mass is 374 g/mol. The molecule has 8 heteroatoms. The standard InChI is InChI=1S/C18H18N2O5S/c1-3-20-16-8-7-14(10-15(16)17(21)25-18(20)22)26(23,24)19-11-13-6-4-5-12(2)9-13/h4-10,19H,3,11H2,1-2H3. The van der Waals surface area contributed by atoms with E-state index in [9.17, 15) is 18.0 Å². The number of fused-ring (bicyclic) bond motifs is 1. The molecule has 3 rings (SSSR count). The fourth-order valence-electron chi connectivity index (χ4n) is 2.75. The van der Waals surface area contributed by atoms with E-state index in [-0.39, 0.29) is 16.8 Å². The Morgan fingerprint density at radius 2 is 1.88 bits per heavy atom. The number of aromatic nitrogens is 1. The lowest BCUT2D eigenvalue weighted by Gasteiger charge is -2.10. The van der Waals surface area contributed by atoms with E-state index in [4.69, 9.17) is 0 Å². The molecule has 0 fully saturated rings. The van der Waals surface area contributed by atoms with Crippen LogP contribution in [0.25, 0.3) is 10.9 Å². The number of rotatable bonds is 5. The number of hydrogen-bond acceptors (Lipinski definition) is 5. The highest BCUT2D eigenvalue weighted by atomic mass is 32.2. The minimum atomic E-state index is -3.83. The van der Waals surface area contributed by atoms with Gasteiger partial charge in [0.25, 0.3) is 0 Å². The van der Waals surface area contributed by atoms with Gasteiger partial charge in [0, 0.05) is 13.1 Å². The van der Waals surface area contributed by atoms with Gasteiger partial charge in [-0.2, -0.15) is 0 Å². The summed E-state index contributed by atoms with van der Waals surface area (Å²) in [6, 6.07) is 11.5. The Morgan fingerprint density at radius 3 is 2.58 bits per heavy atom. The fourth-order valence-corrected chi connectivity index (χ4v) is 3.80. The van der Waals surface area contributed by atoms with E-state index in [1.54, 1.807) is 6.92 Å². The fraction of sp³-hybridized carbons (Fsp3) is 0.222. The summed E-state index contributed by atoms with van der Waals surface area (Å²) < 4.78 is 33.6. The third-order valence-electron chi connectivity index (χ3n) is 4.05. The van der Waals surface area contributed by atoms with Gasteiger partial charge in [-0.25, -0.2) is 22.7 Å². The van der Waals surface area contributed by atoms with Gasteiger partial charge in [-0.05, 0) is 37.6 Å². The largest absolute Gasteiger partial charge is 0.422 e. The summed E-state index contributed by atoms with van der Waals surface area (Å²) in [4.78, 5) is 23.6. The molecule has 0 unspecified atom stereocenters. The molecule has 0 atom stereocenters. The zero-order valence-corrected chi connectivity index (χ0v) is 15.2. The molecule has 0 saturated heterocycles. The van der Waals surface area contributed by atoms with Crippen LogP contribution in [0.3, 0.4) is 0 Å². The van der Waals surface area contributed by atoms with Gasteiger partial charge in [0.05, 0.1) is 15.8 Å². The second kappa shape index (κ2) is 6.89. The molecule has 3 aromatic rings. The topological polar surface area (TPSA) is 98.4 Å². The van der Waals surface area contributed by atoms with E-state index >= 15 is 0 Å². The van der Waals surface area contributed by atoms with E-state index in [2.05, 4.69) is 9.14 Å². The van der Waals surface area contributed by atoms with Gasteiger partial charge in [-0.15, -0.1) is 0 Å². The maximum Gasteiger partial charge on any atom is 0.422 e. The van der Waals surface area contributed by atoms with Crippen molar-refractivity contribution in [3.63, 3.8) is 0 Å². The van der Waals surface area contributed by atoms with Crippen LogP contribution in [0.1, 0.15) is 18.1 Å². The molecule has 1 N–H and O–H groups in total. The first-order chi connectivity index (χ1) is 12.3. The molecule has 26 heavy (non-hydrogen) atoms. The minimum Gasteiger partial charge on any atom is -0.372 e. The maximum atomic E-state index is 12.6. The lowest BCUT2D eigenvalue weighted by Crippen LogP contribution is -2.26. The van der Waals surface area contributed by atoms with Gasteiger partial charge >= 0.3 is 11.4 Å². The number of nitrogens with one attached hydrogen (secondary N) is 1. The Morgan fingerprint density at radius 1 is 1.12 bits per heavy atom. The summed E-state index contributed by atoms with van der Waals surface area (Å²) in [6.07, 6.45) is 0. The molecule has 0 spiro atoms. The molecule has 0 aliphatic rings. The molecule has 0 saturated carbocycles. The van der Waals surface area contributed by atoms with Crippen LogP contribution in [-0.2, 0) is 23.1 Å². The molecule has 2 aromatic carbocycles. The highest BCUT2D eigenvalue weighted by Gasteiger charge is 2.17. The van der Waals surface area contributed by atoms with Crippen molar-refractivity contribution in [1.29, 1.82) is 0 Å². The Bertz CT molecular complexity index is 1190. The molecule has 0 bridgehead atoms. The van der Waals surface area contributed by atoms with Gasteiger partial charge in [0.15, 0.2) is 0 Å². The van der Waals surface area contributed by atoms with E-state index in [0.717, 1.165) is 11.1 Å². The van der Waals surface area contributed by atoms with E-state index in [1.165, 1.54) is 22.8 Å². The van der Waals surface area contributed by atoms with Crippen molar-refractivity contribution in [2.75, 3.05) is 0 Å². The second-order valence-corrected chi connectivity index (χ2v) is 7.66. The normalized spacial score (nSPS) is 11.8. The van der Waals surface area contributed by atoms with E-state index in [1.807, 2.05) is 31.2 Å². The zero-order chi connectivity index (χ0) is 18.9. The first-order valence-corrected chi connectivity index (χ1v) is 9.53.